The van der Waals surface area contributed by atoms with Gasteiger partial charge in [-0.05, 0) is 59.5 Å². The number of aromatic amines is 1. The second-order valence-electron chi connectivity index (χ2n) is 8.67. The molecule has 0 saturated carbocycles. The molecule has 0 radical (unpaired) electrons. The SMILES string of the molecule is CCc1c(CN2CCOCC2)cccc1Nc1c(C(N)=O)cnc2[nH]c(-c3ccc(F)cc3)cc12. The minimum absolute atomic E-state index is 0.301. The third kappa shape index (κ3) is 4.76. The number of nitrogens with one attached hydrogen (secondary N) is 2. The number of rotatable bonds is 7. The summed E-state index contributed by atoms with van der Waals surface area (Å²) in [5.41, 5.74) is 12.2. The highest BCUT2D eigenvalue weighted by Crippen LogP contribution is 2.34. The quantitative estimate of drug-likeness (QED) is 0.364. The molecule has 1 aliphatic heterocycles. The molecule has 4 N–H and O–H groups in total. The summed E-state index contributed by atoms with van der Waals surface area (Å²) in [6.45, 7) is 6.29. The van der Waals surface area contributed by atoms with E-state index in [1.54, 1.807) is 12.1 Å². The minimum atomic E-state index is -0.561. The number of primary amides is 1. The van der Waals surface area contributed by atoms with Crippen molar-refractivity contribution in [2.24, 2.45) is 5.73 Å². The average molecular weight is 474 g/mol. The molecule has 5 rings (SSSR count). The van der Waals surface area contributed by atoms with Gasteiger partial charge in [-0.3, -0.25) is 9.69 Å². The molecule has 35 heavy (non-hydrogen) atoms. The highest BCUT2D eigenvalue weighted by Gasteiger charge is 2.19. The molecule has 1 aliphatic rings. The molecule has 180 valence electrons. The Morgan fingerprint density at radius 3 is 2.69 bits per heavy atom. The molecule has 4 aromatic rings. The molecule has 8 heteroatoms. The fraction of sp³-hybridized carbons (Fsp3) is 0.259. The number of aromatic nitrogens is 2. The maximum absolute atomic E-state index is 13.4. The fourth-order valence-electron chi connectivity index (χ4n) is 4.63. The lowest BCUT2D eigenvalue weighted by Gasteiger charge is -2.28. The van der Waals surface area contributed by atoms with Crippen molar-refractivity contribution in [1.29, 1.82) is 0 Å². The third-order valence-corrected chi connectivity index (χ3v) is 6.46. The van der Waals surface area contributed by atoms with Crippen LogP contribution in [0, 0.1) is 5.82 Å². The topological polar surface area (TPSA) is 96.3 Å². The monoisotopic (exact) mass is 473 g/mol. The summed E-state index contributed by atoms with van der Waals surface area (Å²) in [5.74, 6) is -0.862. The zero-order valence-corrected chi connectivity index (χ0v) is 19.6. The zero-order chi connectivity index (χ0) is 24.4. The highest BCUT2D eigenvalue weighted by atomic mass is 19.1. The van der Waals surface area contributed by atoms with Gasteiger partial charge in [0.2, 0.25) is 0 Å². The van der Waals surface area contributed by atoms with Crippen LogP contribution in [0.2, 0.25) is 0 Å². The first kappa shape index (κ1) is 23.0. The Balaban J connectivity index is 1.56. The molecule has 2 aromatic heterocycles. The lowest BCUT2D eigenvalue weighted by atomic mass is 10.0. The standard InChI is InChI=1S/C27H28FN5O2/c1-2-20-18(16-33-10-12-35-13-11-33)4-3-5-23(20)31-25-21-14-24(17-6-8-19(28)9-7-17)32-27(21)30-15-22(25)26(29)34/h3-9,14-15H,2,10-13,16H2,1H3,(H2,29,34)(H2,30,31,32). The fourth-order valence-corrected chi connectivity index (χ4v) is 4.63. The first-order valence-corrected chi connectivity index (χ1v) is 11.8. The Hall–Kier alpha value is -3.75. The predicted octanol–water partition coefficient (Wildman–Crippen LogP) is 4.61. The van der Waals surface area contributed by atoms with Gasteiger partial charge in [0.05, 0.1) is 24.5 Å². The number of hydrogen-bond acceptors (Lipinski definition) is 5. The third-order valence-electron chi connectivity index (χ3n) is 6.46. The van der Waals surface area contributed by atoms with Gasteiger partial charge in [0, 0.05) is 42.6 Å². The molecule has 0 spiro atoms. The number of carbonyl (C=O) groups is 1. The Morgan fingerprint density at radius 1 is 1.20 bits per heavy atom. The van der Waals surface area contributed by atoms with Crippen LogP contribution in [0.15, 0.2) is 54.7 Å². The van der Waals surface area contributed by atoms with E-state index in [0.717, 1.165) is 61.6 Å². The van der Waals surface area contributed by atoms with E-state index in [4.69, 9.17) is 10.5 Å². The van der Waals surface area contributed by atoms with Crippen molar-refractivity contribution in [2.75, 3.05) is 31.6 Å². The molecular formula is C27H28FN5O2. The van der Waals surface area contributed by atoms with E-state index in [1.807, 2.05) is 18.2 Å². The van der Waals surface area contributed by atoms with Crippen LogP contribution >= 0.6 is 0 Å². The number of pyridine rings is 1. The second kappa shape index (κ2) is 9.85. The molecule has 3 heterocycles. The van der Waals surface area contributed by atoms with Crippen molar-refractivity contribution in [3.8, 4) is 11.3 Å². The van der Waals surface area contributed by atoms with Crippen LogP contribution < -0.4 is 11.1 Å². The number of benzene rings is 2. The number of H-pyrrole nitrogens is 1. The molecule has 0 aliphatic carbocycles. The van der Waals surface area contributed by atoms with Crippen LogP contribution in [0.3, 0.4) is 0 Å². The van der Waals surface area contributed by atoms with Crippen LogP contribution in [-0.2, 0) is 17.7 Å². The predicted molar refractivity (Wildman–Crippen MR) is 135 cm³/mol. The normalized spacial score (nSPS) is 14.3. The summed E-state index contributed by atoms with van der Waals surface area (Å²) in [4.78, 5) is 22.4. The number of fused-ring (bicyclic) bond motifs is 1. The van der Waals surface area contributed by atoms with Crippen molar-refractivity contribution >= 4 is 28.3 Å². The number of hydrogen-bond donors (Lipinski definition) is 3. The van der Waals surface area contributed by atoms with Gasteiger partial charge in [-0.25, -0.2) is 9.37 Å². The number of carbonyl (C=O) groups excluding carboxylic acids is 1. The smallest absolute Gasteiger partial charge is 0.252 e. The number of morpholine rings is 1. The van der Waals surface area contributed by atoms with E-state index in [2.05, 4.69) is 33.2 Å². The summed E-state index contributed by atoms with van der Waals surface area (Å²) in [6, 6.07) is 14.3. The number of anilines is 2. The molecule has 1 fully saturated rings. The summed E-state index contributed by atoms with van der Waals surface area (Å²) >= 11 is 0. The van der Waals surface area contributed by atoms with Crippen LogP contribution in [-0.4, -0.2) is 47.1 Å². The van der Waals surface area contributed by atoms with Crippen molar-refractivity contribution < 1.29 is 13.9 Å². The van der Waals surface area contributed by atoms with E-state index in [0.29, 0.717) is 16.9 Å². The summed E-state index contributed by atoms with van der Waals surface area (Å²) in [6.07, 6.45) is 2.32. The van der Waals surface area contributed by atoms with E-state index >= 15 is 0 Å². The number of nitrogens with zero attached hydrogens (tertiary/aromatic N) is 2. The van der Waals surface area contributed by atoms with Crippen molar-refractivity contribution in [1.82, 2.24) is 14.9 Å². The molecule has 1 saturated heterocycles. The molecule has 0 atom stereocenters. The second-order valence-corrected chi connectivity index (χ2v) is 8.67. The van der Waals surface area contributed by atoms with Gasteiger partial charge in [-0.15, -0.1) is 0 Å². The van der Waals surface area contributed by atoms with E-state index in [1.165, 1.54) is 29.5 Å². The highest BCUT2D eigenvalue weighted by molar-refractivity contribution is 6.08. The van der Waals surface area contributed by atoms with Crippen molar-refractivity contribution in [3.05, 3.63) is 77.2 Å². The summed E-state index contributed by atoms with van der Waals surface area (Å²) < 4.78 is 18.9. The molecule has 7 nitrogen and oxygen atoms in total. The Labute approximate surface area is 203 Å². The largest absolute Gasteiger partial charge is 0.379 e. The van der Waals surface area contributed by atoms with Crippen LogP contribution in [0.25, 0.3) is 22.3 Å². The van der Waals surface area contributed by atoms with Gasteiger partial charge < -0.3 is 20.8 Å². The first-order valence-electron chi connectivity index (χ1n) is 11.8. The summed E-state index contributed by atoms with van der Waals surface area (Å²) in [5, 5.41) is 4.24. The lowest BCUT2D eigenvalue weighted by molar-refractivity contribution is 0.0341. The van der Waals surface area contributed by atoms with Gasteiger partial charge >= 0.3 is 0 Å². The maximum Gasteiger partial charge on any atom is 0.252 e. The van der Waals surface area contributed by atoms with Gasteiger partial charge in [0.1, 0.15) is 11.5 Å². The molecule has 1 amide bonds. The van der Waals surface area contributed by atoms with E-state index < -0.39 is 5.91 Å². The zero-order valence-electron chi connectivity index (χ0n) is 19.6. The van der Waals surface area contributed by atoms with E-state index in [-0.39, 0.29) is 5.82 Å². The number of halogens is 1. The first-order chi connectivity index (χ1) is 17.0. The average Bonchev–Trinajstić information content (AvgIpc) is 3.30. The van der Waals surface area contributed by atoms with Crippen LogP contribution in [0.5, 0.6) is 0 Å². The Kier molecular flexibility index (Phi) is 6.48. The van der Waals surface area contributed by atoms with Gasteiger partial charge in [-0.1, -0.05) is 19.1 Å². The van der Waals surface area contributed by atoms with Crippen molar-refractivity contribution in [3.63, 3.8) is 0 Å². The molecule has 0 unspecified atom stereocenters. The summed E-state index contributed by atoms with van der Waals surface area (Å²) in [7, 11) is 0. The van der Waals surface area contributed by atoms with Gasteiger partial charge in [0.15, 0.2) is 0 Å². The maximum atomic E-state index is 13.4. The Bertz CT molecular complexity index is 1360. The van der Waals surface area contributed by atoms with Crippen LogP contribution in [0.4, 0.5) is 15.8 Å². The molecular weight excluding hydrogens is 445 g/mol. The number of ether oxygens (including phenoxy) is 1. The minimum Gasteiger partial charge on any atom is -0.379 e. The van der Waals surface area contributed by atoms with Gasteiger partial charge in [0.25, 0.3) is 5.91 Å². The molecule has 0 bridgehead atoms. The molecule has 2 aromatic carbocycles. The van der Waals surface area contributed by atoms with Crippen LogP contribution in [0.1, 0.15) is 28.4 Å². The van der Waals surface area contributed by atoms with E-state index in [9.17, 15) is 9.18 Å². The lowest BCUT2D eigenvalue weighted by Crippen LogP contribution is -2.35. The Morgan fingerprint density at radius 2 is 1.97 bits per heavy atom. The number of nitrogens with two attached hydrogens (primary N) is 1. The van der Waals surface area contributed by atoms with Gasteiger partial charge in [-0.2, -0.15) is 0 Å². The van der Waals surface area contributed by atoms with Crippen molar-refractivity contribution in [2.45, 2.75) is 19.9 Å². The number of amides is 1.